The first-order chi connectivity index (χ1) is 13.3. The summed E-state index contributed by atoms with van der Waals surface area (Å²) >= 11 is 3.41. The zero-order valence-electron chi connectivity index (χ0n) is 14.5. The molecule has 5 heterocycles. The monoisotopic (exact) mass is 424 g/mol. The Kier molecular flexibility index (Phi) is 4.08. The lowest BCUT2D eigenvalue weighted by Crippen LogP contribution is -2.34. The van der Waals surface area contributed by atoms with E-state index in [1.807, 2.05) is 35.3 Å². The summed E-state index contributed by atoms with van der Waals surface area (Å²) in [7, 11) is 0. The molecule has 0 saturated carbocycles. The Bertz CT molecular complexity index is 1070. The zero-order chi connectivity index (χ0) is 18.2. The SMILES string of the molecule is Brc1cn2c(-c3nccc(N4CCCC(c5cn[nH]c5)C4)n3)cnc2cn1. The number of nitrogens with zero attached hydrogens (tertiary/aromatic N) is 7. The highest BCUT2D eigenvalue weighted by Crippen LogP contribution is 2.29. The maximum Gasteiger partial charge on any atom is 0.180 e. The summed E-state index contributed by atoms with van der Waals surface area (Å²) in [5, 5.41) is 7.01. The Balaban J connectivity index is 1.47. The minimum absolute atomic E-state index is 0.466. The summed E-state index contributed by atoms with van der Waals surface area (Å²) in [5.41, 5.74) is 2.87. The summed E-state index contributed by atoms with van der Waals surface area (Å²) in [4.78, 5) is 20.2. The predicted octanol–water partition coefficient (Wildman–Crippen LogP) is 3.06. The van der Waals surface area contributed by atoms with E-state index in [4.69, 9.17) is 4.98 Å². The van der Waals surface area contributed by atoms with Crippen LogP contribution in [0.1, 0.15) is 24.3 Å². The molecule has 136 valence electrons. The van der Waals surface area contributed by atoms with Crippen LogP contribution in [-0.2, 0) is 0 Å². The molecule has 1 aliphatic heterocycles. The molecule has 4 aromatic heterocycles. The summed E-state index contributed by atoms with van der Waals surface area (Å²) in [5.74, 6) is 2.06. The fraction of sp³-hybridized carbons (Fsp3) is 0.278. The molecule has 4 aromatic rings. The van der Waals surface area contributed by atoms with Crippen molar-refractivity contribution in [3.63, 3.8) is 0 Å². The normalized spacial score (nSPS) is 17.5. The summed E-state index contributed by atoms with van der Waals surface area (Å²) in [6, 6.07) is 1.97. The van der Waals surface area contributed by atoms with E-state index in [0.29, 0.717) is 11.7 Å². The van der Waals surface area contributed by atoms with E-state index >= 15 is 0 Å². The second-order valence-electron chi connectivity index (χ2n) is 6.64. The number of H-pyrrole nitrogens is 1. The number of piperidine rings is 1. The smallest absolute Gasteiger partial charge is 0.180 e. The first kappa shape index (κ1) is 16.4. The minimum Gasteiger partial charge on any atom is -0.356 e. The van der Waals surface area contributed by atoms with Gasteiger partial charge in [-0.2, -0.15) is 5.10 Å². The van der Waals surface area contributed by atoms with E-state index in [9.17, 15) is 0 Å². The van der Waals surface area contributed by atoms with Gasteiger partial charge in [-0.1, -0.05) is 0 Å². The van der Waals surface area contributed by atoms with Crippen molar-refractivity contribution in [2.24, 2.45) is 0 Å². The van der Waals surface area contributed by atoms with Crippen molar-refractivity contribution in [2.75, 3.05) is 18.0 Å². The van der Waals surface area contributed by atoms with E-state index < -0.39 is 0 Å². The highest BCUT2D eigenvalue weighted by Gasteiger charge is 2.23. The standard InChI is InChI=1S/C18H17BrN8/c19-15-11-27-14(8-22-17(27)9-21-15)18-20-4-3-16(25-18)26-5-1-2-12(10-26)13-6-23-24-7-13/h3-4,6-9,11-12H,1-2,5,10H2,(H,23,24). The fourth-order valence-electron chi connectivity index (χ4n) is 3.62. The van der Waals surface area contributed by atoms with E-state index in [2.05, 4.69) is 46.0 Å². The van der Waals surface area contributed by atoms with Crippen LogP contribution in [-0.4, -0.2) is 47.6 Å². The Labute approximate surface area is 163 Å². The van der Waals surface area contributed by atoms with Gasteiger partial charge in [-0.3, -0.25) is 9.50 Å². The number of halogens is 1. The molecule has 0 amide bonds. The number of nitrogens with one attached hydrogen (secondary N) is 1. The molecule has 1 saturated heterocycles. The van der Waals surface area contributed by atoms with Gasteiger partial charge in [0.05, 0.1) is 18.6 Å². The van der Waals surface area contributed by atoms with Crippen molar-refractivity contribution in [3.8, 4) is 11.5 Å². The number of hydrogen-bond acceptors (Lipinski definition) is 6. The largest absolute Gasteiger partial charge is 0.356 e. The molecule has 1 unspecified atom stereocenters. The number of aromatic amines is 1. The van der Waals surface area contributed by atoms with Gasteiger partial charge in [0, 0.05) is 37.6 Å². The van der Waals surface area contributed by atoms with Crippen LogP contribution < -0.4 is 4.90 Å². The molecule has 8 nitrogen and oxygen atoms in total. The van der Waals surface area contributed by atoms with Crippen molar-refractivity contribution in [1.29, 1.82) is 0 Å². The van der Waals surface area contributed by atoms with Gasteiger partial charge in [-0.05, 0) is 40.4 Å². The molecule has 9 heteroatoms. The van der Waals surface area contributed by atoms with E-state index in [1.165, 1.54) is 12.0 Å². The third-order valence-electron chi connectivity index (χ3n) is 4.97. The topological polar surface area (TPSA) is 87.9 Å². The number of rotatable bonds is 3. The molecule has 1 atom stereocenters. The molecule has 0 aromatic carbocycles. The van der Waals surface area contributed by atoms with E-state index in [0.717, 1.165) is 41.3 Å². The van der Waals surface area contributed by atoms with Gasteiger partial charge in [0.2, 0.25) is 0 Å². The number of anilines is 1. The number of aromatic nitrogens is 7. The molecular weight excluding hydrogens is 408 g/mol. The lowest BCUT2D eigenvalue weighted by molar-refractivity contribution is 0.507. The van der Waals surface area contributed by atoms with Crippen LogP contribution in [0.25, 0.3) is 17.2 Å². The Morgan fingerprint density at radius 2 is 2.11 bits per heavy atom. The summed E-state index contributed by atoms with van der Waals surface area (Å²) in [6.45, 7) is 1.92. The fourth-order valence-corrected chi connectivity index (χ4v) is 3.93. The molecule has 1 fully saturated rings. The molecule has 1 N–H and O–H groups in total. The molecule has 0 radical (unpaired) electrons. The van der Waals surface area contributed by atoms with Crippen LogP contribution in [0.4, 0.5) is 5.82 Å². The molecule has 5 rings (SSSR count). The van der Waals surface area contributed by atoms with Gasteiger partial charge in [-0.15, -0.1) is 0 Å². The molecule has 0 aliphatic carbocycles. The zero-order valence-corrected chi connectivity index (χ0v) is 16.0. The Hall–Kier alpha value is -2.81. The maximum atomic E-state index is 4.83. The van der Waals surface area contributed by atoms with Crippen molar-refractivity contribution in [2.45, 2.75) is 18.8 Å². The van der Waals surface area contributed by atoms with Crippen molar-refractivity contribution in [1.82, 2.24) is 34.5 Å². The average Bonchev–Trinajstić information content (AvgIpc) is 3.38. The van der Waals surface area contributed by atoms with Crippen molar-refractivity contribution < 1.29 is 0 Å². The third-order valence-corrected chi connectivity index (χ3v) is 5.38. The van der Waals surface area contributed by atoms with Crippen LogP contribution in [0.2, 0.25) is 0 Å². The molecule has 1 aliphatic rings. The van der Waals surface area contributed by atoms with E-state index in [1.54, 1.807) is 12.4 Å². The lowest BCUT2D eigenvalue weighted by Gasteiger charge is -2.33. The van der Waals surface area contributed by atoms with Crippen LogP contribution >= 0.6 is 15.9 Å². The van der Waals surface area contributed by atoms with Gasteiger partial charge in [0.1, 0.15) is 16.1 Å². The Morgan fingerprint density at radius 3 is 3.00 bits per heavy atom. The second-order valence-corrected chi connectivity index (χ2v) is 7.45. The molecule has 0 spiro atoms. The highest BCUT2D eigenvalue weighted by molar-refractivity contribution is 9.10. The third kappa shape index (κ3) is 3.08. The summed E-state index contributed by atoms with van der Waals surface area (Å²) in [6.07, 6.45) is 13.4. The van der Waals surface area contributed by atoms with Gasteiger partial charge < -0.3 is 4.90 Å². The first-order valence-corrected chi connectivity index (χ1v) is 9.63. The first-order valence-electron chi connectivity index (χ1n) is 8.83. The lowest BCUT2D eigenvalue weighted by atomic mass is 9.93. The summed E-state index contributed by atoms with van der Waals surface area (Å²) < 4.78 is 2.69. The molecule has 27 heavy (non-hydrogen) atoms. The van der Waals surface area contributed by atoms with Crippen LogP contribution in [0, 0.1) is 0 Å². The molecule has 0 bridgehead atoms. The van der Waals surface area contributed by atoms with Gasteiger partial charge in [0.25, 0.3) is 0 Å². The van der Waals surface area contributed by atoms with Crippen LogP contribution in [0.3, 0.4) is 0 Å². The number of hydrogen-bond donors (Lipinski definition) is 1. The quantitative estimate of drug-likeness (QED) is 0.543. The predicted molar refractivity (Wildman–Crippen MR) is 104 cm³/mol. The van der Waals surface area contributed by atoms with Gasteiger partial charge in [-0.25, -0.2) is 19.9 Å². The molecular formula is C18H17BrN8. The highest BCUT2D eigenvalue weighted by atomic mass is 79.9. The van der Waals surface area contributed by atoms with E-state index in [-0.39, 0.29) is 0 Å². The van der Waals surface area contributed by atoms with Gasteiger partial charge in [0.15, 0.2) is 11.5 Å². The Morgan fingerprint density at radius 1 is 1.15 bits per heavy atom. The second kappa shape index (κ2) is 6.73. The van der Waals surface area contributed by atoms with Crippen molar-refractivity contribution >= 4 is 27.4 Å². The maximum absolute atomic E-state index is 4.83. The van der Waals surface area contributed by atoms with Crippen molar-refractivity contribution in [3.05, 3.63) is 53.4 Å². The van der Waals surface area contributed by atoms with Crippen LogP contribution in [0.15, 0.2) is 47.9 Å². The van der Waals surface area contributed by atoms with Gasteiger partial charge >= 0.3 is 0 Å². The average molecular weight is 425 g/mol. The number of fused-ring (bicyclic) bond motifs is 1. The number of imidazole rings is 1. The van der Waals surface area contributed by atoms with Crippen LogP contribution in [0.5, 0.6) is 0 Å². The minimum atomic E-state index is 0.466.